The number of pyridine rings is 1. The number of carbonyl (C=O) groups excluding carboxylic acids is 1. The third-order valence-electron chi connectivity index (χ3n) is 7.31. The molecule has 11 nitrogen and oxygen atoms in total. The number of sulfone groups is 1. The van der Waals surface area contributed by atoms with Gasteiger partial charge < -0.3 is 19.4 Å². The molecule has 5 rings (SSSR count). The van der Waals surface area contributed by atoms with Crippen LogP contribution in [0.1, 0.15) is 38.7 Å². The zero-order chi connectivity index (χ0) is 29.0. The number of benzene rings is 1. The van der Waals surface area contributed by atoms with E-state index in [0.29, 0.717) is 53.5 Å². The summed E-state index contributed by atoms with van der Waals surface area (Å²) in [7, 11) is -1.33. The second-order valence-electron chi connectivity index (χ2n) is 10.2. The minimum Gasteiger partial charge on any atom is -0.389 e. The average Bonchev–Trinajstić information content (AvgIpc) is 3.58. The number of ether oxygens (including phenoxy) is 1. The molecule has 0 radical (unpaired) electrons. The molecule has 1 aliphatic heterocycles. The van der Waals surface area contributed by atoms with E-state index in [-0.39, 0.29) is 22.0 Å². The van der Waals surface area contributed by atoms with Gasteiger partial charge in [-0.15, -0.1) is 0 Å². The number of anilines is 2. The van der Waals surface area contributed by atoms with Crippen molar-refractivity contribution in [2.75, 3.05) is 56.7 Å². The lowest BCUT2D eigenvalue weighted by atomic mass is 10.1. The number of aromatic nitrogens is 2. The monoisotopic (exact) mass is 600 g/mol. The smallest absolute Gasteiger partial charge is 0.280 e. The molecular formula is C28H36N6O5S2. The van der Waals surface area contributed by atoms with Crippen LogP contribution in [-0.4, -0.2) is 92.7 Å². The Balaban J connectivity index is 1.33. The van der Waals surface area contributed by atoms with Crippen LogP contribution in [0.5, 0.6) is 0 Å². The van der Waals surface area contributed by atoms with Gasteiger partial charge in [-0.05, 0) is 50.2 Å². The van der Waals surface area contributed by atoms with Gasteiger partial charge in [-0.1, -0.05) is 42.5 Å². The lowest BCUT2D eigenvalue weighted by Crippen LogP contribution is -2.33. The third-order valence-corrected chi connectivity index (χ3v) is 10.5. The fraction of sp³-hybridized carbons (Fsp3) is 0.500. The lowest BCUT2D eigenvalue weighted by Gasteiger charge is -2.23. The zero-order valence-corrected chi connectivity index (χ0v) is 25.2. The quantitative estimate of drug-likeness (QED) is 0.232. The van der Waals surface area contributed by atoms with Crippen LogP contribution in [0.4, 0.5) is 10.9 Å². The zero-order valence-electron chi connectivity index (χ0n) is 23.6. The molecule has 1 amide bonds. The molecule has 1 aromatic carbocycles. The van der Waals surface area contributed by atoms with Gasteiger partial charge in [0.15, 0.2) is 26.8 Å². The number of oxime groups is 1. The van der Waals surface area contributed by atoms with Crippen LogP contribution in [0, 0.1) is 0 Å². The predicted octanol–water partition coefficient (Wildman–Crippen LogP) is 3.55. The first-order valence-corrected chi connectivity index (χ1v) is 16.3. The van der Waals surface area contributed by atoms with Crippen molar-refractivity contribution >= 4 is 54.1 Å². The van der Waals surface area contributed by atoms with Crippen LogP contribution in [0.25, 0.3) is 10.3 Å². The van der Waals surface area contributed by atoms with E-state index in [2.05, 4.69) is 39.1 Å². The lowest BCUT2D eigenvalue weighted by molar-refractivity contribution is -0.110. The van der Waals surface area contributed by atoms with Crippen molar-refractivity contribution in [2.24, 2.45) is 5.16 Å². The summed E-state index contributed by atoms with van der Waals surface area (Å²) in [6, 6.07) is 10.0. The van der Waals surface area contributed by atoms with Gasteiger partial charge >= 0.3 is 0 Å². The van der Waals surface area contributed by atoms with Gasteiger partial charge in [0, 0.05) is 32.1 Å². The van der Waals surface area contributed by atoms with E-state index < -0.39 is 15.7 Å². The molecule has 3 heterocycles. The Kier molecular flexibility index (Phi) is 9.17. The molecular weight excluding hydrogens is 564 g/mol. The van der Waals surface area contributed by atoms with E-state index >= 15 is 0 Å². The summed E-state index contributed by atoms with van der Waals surface area (Å²) in [5.74, 6) is 0.319. The van der Waals surface area contributed by atoms with Gasteiger partial charge in [0.05, 0.1) is 23.4 Å². The molecule has 2 fully saturated rings. The summed E-state index contributed by atoms with van der Waals surface area (Å²) in [5, 5.41) is 7.07. The number of carbonyl (C=O) groups is 1. The van der Waals surface area contributed by atoms with Crippen LogP contribution in [0.3, 0.4) is 0 Å². The van der Waals surface area contributed by atoms with Crippen molar-refractivity contribution in [3.05, 3.63) is 42.0 Å². The highest BCUT2D eigenvalue weighted by Crippen LogP contribution is 2.33. The van der Waals surface area contributed by atoms with Gasteiger partial charge in [0.1, 0.15) is 16.2 Å². The summed E-state index contributed by atoms with van der Waals surface area (Å²) in [6.07, 6.45) is 1.78. The molecule has 1 atom stereocenters. The molecule has 13 heteroatoms. The van der Waals surface area contributed by atoms with Crippen LogP contribution in [-0.2, 0) is 24.2 Å². The van der Waals surface area contributed by atoms with E-state index in [0.717, 1.165) is 32.0 Å². The standard InChI is InChI=1S/C28H36N6O5S2/c1-4-34(5-2)16-15-33(3)24-13-12-23-27(30-24)40-28(29-23)31-26(35)25(32-39-20-14-17-38-18-20)19-6-8-21(9-7-19)41(36,37)22-10-11-22/h6-9,12-13,20,22H,4-5,10-11,14-18H2,1-3H3,(H,29,31,35)/t20-/m1/s1. The highest BCUT2D eigenvalue weighted by Gasteiger charge is 2.37. The van der Waals surface area contributed by atoms with Crippen molar-refractivity contribution in [2.45, 2.75) is 49.4 Å². The average molecular weight is 601 g/mol. The van der Waals surface area contributed by atoms with Crippen molar-refractivity contribution in [3.8, 4) is 0 Å². The molecule has 220 valence electrons. The highest BCUT2D eigenvalue weighted by atomic mass is 32.2. The van der Waals surface area contributed by atoms with Crippen molar-refractivity contribution < 1.29 is 22.8 Å². The van der Waals surface area contributed by atoms with Gasteiger partial charge in [-0.3, -0.25) is 10.1 Å². The molecule has 3 aromatic rings. The Morgan fingerprint density at radius 2 is 1.85 bits per heavy atom. The number of fused-ring (bicyclic) bond motifs is 1. The molecule has 0 bridgehead atoms. The Bertz CT molecular complexity index is 1490. The first kappa shape index (κ1) is 29.4. The first-order chi connectivity index (χ1) is 19.8. The molecule has 2 aliphatic rings. The van der Waals surface area contributed by atoms with E-state index in [1.807, 2.05) is 19.2 Å². The van der Waals surface area contributed by atoms with Gasteiger partial charge in [-0.2, -0.15) is 0 Å². The molecule has 1 saturated carbocycles. The fourth-order valence-electron chi connectivity index (χ4n) is 4.50. The third kappa shape index (κ3) is 7.03. The van der Waals surface area contributed by atoms with Crippen molar-refractivity contribution in [3.63, 3.8) is 0 Å². The van der Waals surface area contributed by atoms with Crippen LogP contribution >= 0.6 is 11.3 Å². The van der Waals surface area contributed by atoms with E-state index in [1.54, 1.807) is 12.1 Å². The topological polar surface area (TPSA) is 126 Å². The van der Waals surface area contributed by atoms with Crippen LogP contribution in [0.15, 0.2) is 46.4 Å². The number of rotatable bonds is 13. The number of nitrogens with one attached hydrogen (secondary N) is 1. The van der Waals surface area contributed by atoms with Crippen molar-refractivity contribution in [1.82, 2.24) is 14.9 Å². The maximum atomic E-state index is 13.4. The molecule has 0 spiro atoms. The van der Waals surface area contributed by atoms with Gasteiger partial charge in [0.2, 0.25) is 0 Å². The predicted molar refractivity (Wildman–Crippen MR) is 161 cm³/mol. The Morgan fingerprint density at radius 3 is 2.51 bits per heavy atom. The molecule has 1 aliphatic carbocycles. The SMILES string of the molecule is CCN(CC)CCN(C)c1ccc2nc(NC(=O)C(=NO[C@@H]3CCOC3)c3ccc(S(=O)(=O)C4CC4)cc3)sc2n1. The maximum absolute atomic E-state index is 13.4. The molecule has 2 aromatic heterocycles. The molecule has 1 saturated heterocycles. The summed E-state index contributed by atoms with van der Waals surface area (Å²) in [6.45, 7) is 9.06. The van der Waals surface area contributed by atoms with E-state index in [9.17, 15) is 13.2 Å². The number of likely N-dealkylation sites (N-methyl/N-ethyl adjacent to an activating group) is 2. The largest absolute Gasteiger partial charge is 0.389 e. The Hall–Kier alpha value is -3.13. The fourth-order valence-corrected chi connectivity index (χ4v) is 6.98. The number of hydrogen-bond donors (Lipinski definition) is 1. The minimum atomic E-state index is -3.35. The van der Waals surface area contributed by atoms with Crippen LogP contribution < -0.4 is 10.2 Å². The minimum absolute atomic E-state index is 0.0244. The number of thiazole rings is 1. The summed E-state index contributed by atoms with van der Waals surface area (Å²) in [5.41, 5.74) is 1.14. The normalized spacial score (nSPS) is 17.8. The second kappa shape index (κ2) is 12.8. The van der Waals surface area contributed by atoms with E-state index in [4.69, 9.17) is 14.6 Å². The highest BCUT2D eigenvalue weighted by molar-refractivity contribution is 7.92. The Morgan fingerprint density at radius 1 is 1.10 bits per heavy atom. The summed E-state index contributed by atoms with van der Waals surface area (Å²) < 4.78 is 30.6. The maximum Gasteiger partial charge on any atom is 0.280 e. The van der Waals surface area contributed by atoms with Crippen LogP contribution in [0.2, 0.25) is 0 Å². The number of amides is 1. The second-order valence-corrected chi connectivity index (χ2v) is 13.4. The molecule has 1 N–H and O–H groups in total. The summed E-state index contributed by atoms with van der Waals surface area (Å²) >= 11 is 1.28. The van der Waals surface area contributed by atoms with Gasteiger partial charge in [-0.25, -0.2) is 18.4 Å². The molecule has 41 heavy (non-hydrogen) atoms. The molecule has 0 unspecified atom stereocenters. The number of hydrogen-bond acceptors (Lipinski definition) is 11. The Labute approximate surface area is 244 Å². The van der Waals surface area contributed by atoms with Crippen molar-refractivity contribution in [1.29, 1.82) is 0 Å². The number of nitrogens with zero attached hydrogens (tertiary/aromatic N) is 5. The van der Waals surface area contributed by atoms with Gasteiger partial charge in [0.25, 0.3) is 5.91 Å². The summed E-state index contributed by atoms with van der Waals surface area (Å²) in [4.78, 5) is 33.8. The van der Waals surface area contributed by atoms with E-state index in [1.165, 1.54) is 23.5 Å². The first-order valence-electron chi connectivity index (χ1n) is 14.0.